The lowest BCUT2D eigenvalue weighted by molar-refractivity contribution is -0.143. The second-order valence-electron chi connectivity index (χ2n) is 5.14. The first-order valence-corrected chi connectivity index (χ1v) is 6.54. The smallest absolute Gasteiger partial charge is 0.326 e. The first-order chi connectivity index (χ1) is 9.32. The number of carbonyl (C=O) groups excluding carboxylic acids is 1. The van der Waals surface area contributed by atoms with E-state index in [0.717, 1.165) is 11.1 Å². The molecule has 0 saturated heterocycles. The Morgan fingerprint density at radius 1 is 1.25 bits per heavy atom. The molecule has 1 unspecified atom stereocenters. The monoisotopic (exact) mass is 279 g/mol. The minimum Gasteiger partial charge on any atom is -0.483 e. The van der Waals surface area contributed by atoms with Crippen LogP contribution in [-0.4, -0.2) is 29.6 Å². The van der Waals surface area contributed by atoms with Crippen molar-refractivity contribution in [1.29, 1.82) is 0 Å². The molecule has 0 aliphatic heterocycles. The summed E-state index contributed by atoms with van der Waals surface area (Å²) < 4.78 is 5.48. The number of aryl methyl sites for hydroxylation is 2. The highest BCUT2D eigenvalue weighted by Gasteiger charge is 2.23. The number of benzene rings is 1. The SMILES string of the molecule is Cc1cccc(C)c1OCC(=O)NC(C(=O)O)C(C)C. The molecule has 5 heteroatoms. The molecule has 110 valence electrons. The van der Waals surface area contributed by atoms with Gasteiger partial charge in [-0.3, -0.25) is 4.79 Å². The molecule has 0 saturated carbocycles. The summed E-state index contributed by atoms with van der Waals surface area (Å²) in [4.78, 5) is 22.8. The highest BCUT2D eigenvalue weighted by Crippen LogP contribution is 2.22. The van der Waals surface area contributed by atoms with E-state index in [9.17, 15) is 9.59 Å². The van der Waals surface area contributed by atoms with Gasteiger partial charge in [0.2, 0.25) is 0 Å². The Kier molecular flexibility index (Phi) is 5.55. The summed E-state index contributed by atoms with van der Waals surface area (Å²) in [5.74, 6) is -0.995. The minimum atomic E-state index is -1.04. The molecular weight excluding hydrogens is 258 g/mol. The molecule has 0 aromatic heterocycles. The fourth-order valence-electron chi connectivity index (χ4n) is 1.89. The van der Waals surface area contributed by atoms with Crippen LogP contribution in [0.3, 0.4) is 0 Å². The Morgan fingerprint density at radius 3 is 2.25 bits per heavy atom. The van der Waals surface area contributed by atoms with Gasteiger partial charge in [-0.15, -0.1) is 0 Å². The minimum absolute atomic E-state index is 0.184. The average molecular weight is 279 g/mol. The fraction of sp³-hybridized carbons (Fsp3) is 0.467. The van der Waals surface area contributed by atoms with Crippen LogP contribution in [0.25, 0.3) is 0 Å². The van der Waals surface area contributed by atoms with Crippen molar-refractivity contribution in [2.75, 3.05) is 6.61 Å². The van der Waals surface area contributed by atoms with Gasteiger partial charge < -0.3 is 15.2 Å². The molecule has 0 aliphatic carbocycles. The maximum atomic E-state index is 11.8. The Labute approximate surface area is 118 Å². The van der Waals surface area contributed by atoms with E-state index in [0.29, 0.717) is 5.75 Å². The number of nitrogens with one attached hydrogen (secondary N) is 1. The predicted molar refractivity (Wildman–Crippen MR) is 75.8 cm³/mol. The zero-order chi connectivity index (χ0) is 15.3. The van der Waals surface area contributed by atoms with Gasteiger partial charge in [0.25, 0.3) is 5.91 Å². The molecule has 0 bridgehead atoms. The van der Waals surface area contributed by atoms with Crippen LogP contribution in [-0.2, 0) is 9.59 Å². The largest absolute Gasteiger partial charge is 0.483 e. The summed E-state index contributed by atoms with van der Waals surface area (Å²) in [7, 11) is 0. The van der Waals surface area contributed by atoms with Crippen molar-refractivity contribution < 1.29 is 19.4 Å². The van der Waals surface area contributed by atoms with E-state index in [-0.39, 0.29) is 12.5 Å². The maximum Gasteiger partial charge on any atom is 0.326 e. The molecule has 5 nitrogen and oxygen atoms in total. The van der Waals surface area contributed by atoms with Gasteiger partial charge in [0, 0.05) is 0 Å². The number of hydrogen-bond acceptors (Lipinski definition) is 3. The Bertz CT molecular complexity index is 476. The lowest BCUT2D eigenvalue weighted by Gasteiger charge is -2.18. The van der Waals surface area contributed by atoms with E-state index in [2.05, 4.69) is 5.32 Å². The number of carbonyl (C=O) groups is 2. The molecule has 1 atom stereocenters. The summed E-state index contributed by atoms with van der Waals surface area (Å²) in [6, 6.07) is 4.81. The zero-order valence-corrected chi connectivity index (χ0v) is 12.3. The number of hydrogen-bond donors (Lipinski definition) is 2. The normalized spacial score (nSPS) is 12.1. The third-order valence-corrected chi connectivity index (χ3v) is 3.01. The van der Waals surface area contributed by atoms with E-state index < -0.39 is 17.9 Å². The third-order valence-electron chi connectivity index (χ3n) is 3.01. The van der Waals surface area contributed by atoms with Crippen molar-refractivity contribution in [2.45, 2.75) is 33.7 Å². The van der Waals surface area contributed by atoms with Crippen molar-refractivity contribution in [3.8, 4) is 5.75 Å². The van der Waals surface area contributed by atoms with Crippen LogP contribution >= 0.6 is 0 Å². The zero-order valence-electron chi connectivity index (χ0n) is 12.3. The van der Waals surface area contributed by atoms with Crippen LogP contribution in [0, 0.1) is 19.8 Å². The number of carboxylic acid groups (broad SMARTS) is 1. The van der Waals surface area contributed by atoms with Gasteiger partial charge in [0.15, 0.2) is 6.61 Å². The molecule has 0 spiro atoms. The molecule has 1 amide bonds. The van der Waals surface area contributed by atoms with E-state index >= 15 is 0 Å². The topological polar surface area (TPSA) is 75.6 Å². The van der Waals surface area contributed by atoms with Crippen LogP contribution in [0.1, 0.15) is 25.0 Å². The van der Waals surface area contributed by atoms with Crippen molar-refractivity contribution >= 4 is 11.9 Å². The number of rotatable bonds is 6. The number of carboxylic acids is 1. The highest BCUT2D eigenvalue weighted by atomic mass is 16.5. The lowest BCUT2D eigenvalue weighted by atomic mass is 10.1. The Morgan fingerprint density at radius 2 is 1.80 bits per heavy atom. The number of ether oxygens (including phenoxy) is 1. The average Bonchev–Trinajstić information content (AvgIpc) is 2.34. The van der Waals surface area contributed by atoms with Crippen LogP contribution < -0.4 is 10.1 Å². The van der Waals surface area contributed by atoms with Crippen molar-refractivity contribution in [1.82, 2.24) is 5.32 Å². The maximum absolute atomic E-state index is 11.8. The van der Waals surface area contributed by atoms with Crippen LogP contribution in [0.2, 0.25) is 0 Å². The Hall–Kier alpha value is -2.04. The Balaban J connectivity index is 2.62. The molecular formula is C15H21NO4. The van der Waals surface area contributed by atoms with Crippen LogP contribution in [0.5, 0.6) is 5.75 Å². The summed E-state index contributed by atoms with van der Waals surface area (Å²) in [6.07, 6.45) is 0. The van der Waals surface area contributed by atoms with Gasteiger partial charge in [0.05, 0.1) is 0 Å². The number of para-hydroxylation sites is 1. The summed E-state index contributed by atoms with van der Waals surface area (Å²) in [5, 5.41) is 11.5. The van der Waals surface area contributed by atoms with Gasteiger partial charge in [-0.2, -0.15) is 0 Å². The van der Waals surface area contributed by atoms with Crippen LogP contribution in [0.4, 0.5) is 0 Å². The molecule has 1 rings (SSSR count). The summed E-state index contributed by atoms with van der Waals surface area (Å²) in [6.45, 7) is 7.09. The molecule has 20 heavy (non-hydrogen) atoms. The van der Waals surface area contributed by atoms with Gasteiger partial charge in [-0.25, -0.2) is 4.79 Å². The molecule has 0 heterocycles. The lowest BCUT2D eigenvalue weighted by Crippen LogP contribution is -2.46. The van der Waals surface area contributed by atoms with E-state index in [1.165, 1.54) is 0 Å². The molecule has 1 aromatic carbocycles. The second-order valence-corrected chi connectivity index (χ2v) is 5.14. The first-order valence-electron chi connectivity index (χ1n) is 6.54. The van der Waals surface area contributed by atoms with Crippen molar-refractivity contribution in [3.05, 3.63) is 29.3 Å². The van der Waals surface area contributed by atoms with Gasteiger partial charge in [0.1, 0.15) is 11.8 Å². The molecule has 1 aromatic rings. The number of amides is 1. The summed E-state index contributed by atoms with van der Waals surface area (Å²) >= 11 is 0. The van der Waals surface area contributed by atoms with E-state index in [1.54, 1.807) is 13.8 Å². The second kappa shape index (κ2) is 6.93. The van der Waals surface area contributed by atoms with Crippen molar-refractivity contribution in [3.63, 3.8) is 0 Å². The van der Waals surface area contributed by atoms with Gasteiger partial charge >= 0.3 is 5.97 Å². The standard InChI is InChI=1S/C15H21NO4/c1-9(2)13(15(18)19)16-12(17)8-20-14-10(3)6-5-7-11(14)4/h5-7,9,13H,8H2,1-4H3,(H,16,17)(H,18,19). The van der Waals surface area contributed by atoms with E-state index in [4.69, 9.17) is 9.84 Å². The molecule has 0 radical (unpaired) electrons. The van der Waals surface area contributed by atoms with E-state index in [1.807, 2.05) is 32.0 Å². The fourth-order valence-corrected chi connectivity index (χ4v) is 1.89. The summed E-state index contributed by atoms with van der Waals surface area (Å²) in [5.41, 5.74) is 1.88. The molecule has 0 aliphatic rings. The molecule has 0 fully saturated rings. The highest BCUT2D eigenvalue weighted by molar-refractivity contribution is 5.84. The van der Waals surface area contributed by atoms with Crippen LogP contribution in [0.15, 0.2) is 18.2 Å². The van der Waals surface area contributed by atoms with Gasteiger partial charge in [-0.05, 0) is 30.9 Å². The third kappa shape index (κ3) is 4.26. The van der Waals surface area contributed by atoms with Crippen molar-refractivity contribution in [2.24, 2.45) is 5.92 Å². The van der Waals surface area contributed by atoms with Gasteiger partial charge in [-0.1, -0.05) is 32.0 Å². The number of aliphatic carboxylic acids is 1. The molecule has 2 N–H and O–H groups in total. The quantitative estimate of drug-likeness (QED) is 0.834. The first kappa shape index (κ1) is 16.0. The predicted octanol–water partition coefficient (Wildman–Crippen LogP) is 1.91.